The second kappa shape index (κ2) is 5.97. The van der Waals surface area contributed by atoms with Gasteiger partial charge in [-0.2, -0.15) is 11.8 Å². The molecule has 0 aromatic carbocycles. The largest absolute Gasteiger partial charge is 0.406 e. The molecule has 0 amide bonds. The fraction of sp³-hybridized carbons (Fsp3) is 0.778. The Morgan fingerprint density at radius 2 is 2.13 bits per heavy atom. The Morgan fingerprint density at radius 3 is 2.73 bits per heavy atom. The maximum absolute atomic E-state index is 5.45. The number of hydrogen-bond acceptors (Lipinski definition) is 6. The molecule has 0 spiro atoms. The molecule has 1 aromatic rings. The highest BCUT2D eigenvalue weighted by Gasteiger charge is 2.12. The fourth-order valence-corrected chi connectivity index (χ4v) is 1.68. The van der Waals surface area contributed by atoms with Crippen molar-refractivity contribution in [1.82, 2.24) is 15.5 Å². The lowest BCUT2D eigenvalue weighted by molar-refractivity contribution is 0.439. The summed E-state index contributed by atoms with van der Waals surface area (Å²) in [6.07, 6.45) is 2.07. The SMILES string of the molecule is CNC(C)c1nnc(NC(C)CSC)o1. The monoisotopic (exact) mass is 230 g/mol. The van der Waals surface area contributed by atoms with Crippen LogP contribution in [0.3, 0.4) is 0 Å². The van der Waals surface area contributed by atoms with E-state index in [9.17, 15) is 0 Å². The smallest absolute Gasteiger partial charge is 0.315 e. The lowest BCUT2D eigenvalue weighted by Gasteiger charge is -2.09. The minimum absolute atomic E-state index is 0.0870. The van der Waals surface area contributed by atoms with E-state index in [1.165, 1.54) is 0 Å². The summed E-state index contributed by atoms with van der Waals surface area (Å²) in [7, 11) is 1.86. The van der Waals surface area contributed by atoms with Crippen molar-refractivity contribution >= 4 is 17.8 Å². The summed E-state index contributed by atoms with van der Waals surface area (Å²) in [6, 6.07) is 0.913. The number of nitrogens with zero attached hydrogens (tertiary/aromatic N) is 2. The Bertz CT molecular complexity index is 291. The van der Waals surface area contributed by atoms with Gasteiger partial charge in [-0.05, 0) is 27.2 Å². The van der Waals surface area contributed by atoms with E-state index < -0.39 is 0 Å². The number of aromatic nitrogens is 2. The van der Waals surface area contributed by atoms with Gasteiger partial charge in [0.2, 0.25) is 5.89 Å². The molecule has 1 rings (SSSR count). The standard InChI is InChI=1S/C9H18N4OS/c1-6(5-15-4)11-9-13-12-8(14-9)7(2)10-3/h6-7,10H,5H2,1-4H3,(H,11,13). The Morgan fingerprint density at radius 1 is 1.40 bits per heavy atom. The summed E-state index contributed by atoms with van der Waals surface area (Å²) >= 11 is 1.78. The summed E-state index contributed by atoms with van der Waals surface area (Å²) in [4.78, 5) is 0. The van der Waals surface area contributed by atoms with E-state index >= 15 is 0 Å². The van der Waals surface area contributed by atoms with Gasteiger partial charge < -0.3 is 15.1 Å². The molecule has 0 aliphatic heterocycles. The highest BCUT2D eigenvalue weighted by atomic mass is 32.2. The molecule has 2 atom stereocenters. The molecule has 0 aliphatic carbocycles. The molecule has 0 bridgehead atoms. The molecule has 0 fully saturated rings. The van der Waals surface area contributed by atoms with Crippen LogP contribution in [0.4, 0.5) is 6.01 Å². The second-order valence-electron chi connectivity index (χ2n) is 3.46. The van der Waals surface area contributed by atoms with Crippen LogP contribution >= 0.6 is 11.8 Å². The first-order valence-corrected chi connectivity index (χ1v) is 6.33. The highest BCUT2D eigenvalue weighted by molar-refractivity contribution is 7.98. The normalized spacial score (nSPS) is 14.9. The van der Waals surface area contributed by atoms with E-state index in [1.54, 1.807) is 11.8 Å². The van der Waals surface area contributed by atoms with Gasteiger partial charge in [0.1, 0.15) is 0 Å². The molecule has 1 heterocycles. The Kier molecular flexibility index (Phi) is 4.90. The predicted molar refractivity (Wildman–Crippen MR) is 63.2 cm³/mol. The first-order chi connectivity index (χ1) is 7.17. The van der Waals surface area contributed by atoms with Gasteiger partial charge in [-0.3, -0.25) is 0 Å². The molecule has 15 heavy (non-hydrogen) atoms. The van der Waals surface area contributed by atoms with Crippen molar-refractivity contribution in [2.75, 3.05) is 24.4 Å². The van der Waals surface area contributed by atoms with E-state index in [0.717, 1.165) is 5.75 Å². The molecule has 0 aliphatic rings. The van der Waals surface area contributed by atoms with Crippen LogP contribution in [0, 0.1) is 0 Å². The van der Waals surface area contributed by atoms with E-state index in [0.29, 0.717) is 17.9 Å². The fourth-order valence-electron chi connectivity index (χ4n) is 1.09. The van der Waals surface area contributed by atoms with Crippen molar-refractivity contribution in [1.29, 1.82) is 0 Å². The molecule has 0 saturated carbocycles. The van der Waals surface area contributed by atoms with Crippen LogP contribution in [-0.4, -0.2) is 35.3 Å². The lowest BCUT2D eigenvalue weighted by Crippen LogP contribution is -2.17. The third-order valence-electron chi connectivity index (χ3n) is 2.03. The van der Waals surface area contributed by atoms with Gasteiger partial charge in [0.15, 0.2) is 0 Å². The molecule has 0 saturated heterocycles. The summed E-state index contributed by atoms with van der Waals surface area (Å²) in [5.74, 6) is 1.62. The molecule has 86 valence electrons. The Labute approximate surface area is 94.4 Å². The van der Waals surface area contributed by atoms with Crippen molar-refractivity contribution < 1.29 is 4.42 Å². The topological polar surface area (TPSA) is 63.0 Å². The molecular formula is C9H18N4OS. The molecule has 2 unspecified atom stereocenters. The first-order valence-electron chi connectivity index (χ1n) is 4.93. The van der Waals surface area contributed by atoms with Gasteiger partial charge in [0.05, 0.1) is 6.04 Å². The number of rotatable bonds is 6. The maximum Gasteiger partial charge on any atom is 0.315 e. The Balaban J connectivity index is 2.52. The predicted octanol–water partition coefficient (Wildman–Crippen LogP) is 1.51. The van der Waals surface area contributed by atoms with Gasteiger partial charge in [-0.1, -0.05) is 5.10 Å². The molecule has 6 heteroatoms. The minimum Gasteiger partial charge on any atom is -0.406 e. The van der Waals surface area contributed by atoms with Crippen molar-refractivity contribution in [3.8, 4) is 0 Å². The van der Waals surface area contributed by atoms with Crippen LogP contribution in [-0.2, 0) is 0 Å². The van der Waals surface area contributed by atoms with Gasteiger partial charge in [0, 0.05) is 11.8 Å². The second-order valence-corrected chi connectivity index (χ2v) is 4.37. The summed E-state index contributed by atoms with van der Waals surface area (Å²) in [6.45, 7) is 4.06. The van der Waals surface area contributed by atoms with Gasteiger partial charge in [-0.25, -0.2) is 0 Å². The molecule has 0 radical (unpaired) electrons. The third-order valence-corrected chi connectivity index (χ3v) is 2.86. The van der Waals surface area contributed by atoms with Crippen LogP contribution in [0.1, 0.15) is 25.8 Å². The number of anilines is 1. The number of thioether (sulfide) groups is 1. The average Bonchev–Trinajstić information content (AvgIpc) is 2.65. The number of hydrogen-bond donors (Lipinski definition) is 2. The summed E-state index contributed by atoms with van der Waals surface area (Å²) in [5.41, 5.74) is 0. The Hall–Kier alpha value is -0.750. The summed E-state index contributed by atoms with van der Waals surface area (Å²) in [5, 5.41) is 14.1. The zero-order chi connectivity index (χ0) is 11.3. The lowest BCUT2D eigenvalue weighted by atomic mass is 10.3. The first kappa shape index (κ1) is 12.3. The van der Waals surface area contributed by atoms with E-state index in [2.05, 4.69) is 34.0 Å². The van der Waals surface area contributed by atoms with E-state index in [1.807, 2.05) is 14.0 Å². The molecular weight excluding hydrogens is 212 g/mol. The van der Waals surface area contributed by atoms with Crippen LogP contribution in [0.15, 0.2) is 4.42 Å². The van der Waals surface area contributed by atoms with Crippen molar-refractivity contribution in [3.05, 3.63) is 5.89 Å². The van der Waals surface area contributed by atoms with E-state index in [-0.39, 0.29) is 6.04 Å². The van der Waals surface area contributed by atoms with Gasteiger partial charge in [-0.15, -0.1) is 5.10 Å². The maximum atomic E-state index is 5.45. The van der Waals surface area contributed by atoms with Crippen molar-refractivity contribution in [2.24, 2.45) is 0 Å². The average molecular weight is 230 g/mol. The van der Waals surface area contributed by atoms with Crippen molar-refractivity contribution in [3.63, 3.8) is 0 Å². The zero-order valence-electron chi connectivity index (χ0n) is 9.57. The number of nitrogens with one attached hydrogen (secondary N) is 2. The highest BCUT2D eigenvalue weighted by Crippen LogP contribution is 2.14. The molecule has 5 nitrogen and oxygen atoms in total. The van der Waals surface area contributed by atoms with Crippen LogP contribution in [0.25, 0.3) is 0 Å². The van der Waals surface area contributed by atoms with E-state index in [4.69, 9.17) is 4.42 Å². The van der Waals surface area contributed by atoms with Gasteiger partial charge >= 0.3 is 6.01 Å². The van der Waals surface area contributed by atoms with Gasteiger partial charge in [0.25, 0.3) is 0 Å². The minimum atomic E-state index is 0.0870. The van der Waals surface area contributed by atoms with Crippen molar-refractivity contribution in [2.45, 2.75) is 25.9 Å². The third kappa shape index (κ3) is 3.71. The molecule has 2 N–H and O–H groups in total. The molecule has 1 aromatic heterocycles. The zero-order valence-corrected chi connectivity index (χ0v) is 10.4. The van der Waals surface area contributed by atoms with Crippen LogP contribution < -0.4 is 10.6 Å². The summed E-state index contributed by atoms with van der Waals surface area (Å²) < 4.78 is 5.45. The van der Waals surface area contributed by atoms with Crippen LogP contribution in [0.5, 0.6) is 0 Å². The quantitative estimate of drug-likeness (QED) is 0.772. The van der Waals surface area contributed by atoms with Crippen LogP contribution in [0.2, 0.25) is 0 Å².